The first-order valence-corrected chi connectivity index (χ1v) is 9.17. The number of hydrogen-bond donors (Lipinski definition) is 1. The zero-order valence-corrected chi connectivity index (χ0v) is 16.4. The Labute approximate surface area is 147 Å². The van der Waals surface area contributed by atoms with E-state index in [0.29, 0.717) is 0 Å². The van der Waals surface area contributed by atoms with Crippen LogP contribution in [0.15, 0.2) is 0 Å². The molecule has 1 aliphatic heterocycles. The zero-order chi connectivity index (χ0) is 18.0. The number of methoxy groups -OCH3 is 1. The highest BCUT2D eigenvalue weighted by molar-refractivity contribution is 5.74. The van der Waals surface area contributed by atoms with Crippen LogP contribution in [0.3, 0.4) is 0 Å². The minimum absolute atomic E-state index is 0.0320. The van der Waals surface area contributed by atoms with Crippen LogP contribution < -0.4 is 5.32 Å². The fourth-order valence-electron chi connectivity index (χ4n) is 3.69. The lowest BCUT2D eigenvalue weighted by atomic mass is 9.56. The predicted octanol–water partition coefficient (Wildman–Crippen LogP) is 1.47. The van der Waals surface area contributed by atoms with Crippen LogP contribution in [0.2, 0.25) is 0 Å². The molecule has 1 saturated carbocycles. The number of rotatable bonds is 6. The first-order chi connectivity index (χ1) is 11.2. The summed E-state index contributed by atoms with van der Waals surface area (Å²) < 4.78 is 5.63. The second kappa shape index (κ2) is 7.58. The van der Waals surface area contributed by atoms with Gasteiger partial charge in [-0.2, -0.15) is 0 Å². The molecule has 0 radical (unpaired) electrons. The zero-order valence-electron chi connectivity index (χ0n) is 16.4. The van der Waals surface area contributed by atoms with Crippen molar-refractivity contribution in [3.63, 3.8) is 0 Å². The second-order valence-corrected chi connectivity index (χ2v) is 8.28. The summed E-state index contributed by atoms with van der Waals surface area (Å²) >= 11 is 0. The van der Waals surface area contributed by atoms with Crippen LogP contribution in [0.4, 0.5) is 4.79 Å². The van der Waals surface area contributed by atoms with E-state index in [4.69, 9.17) is 4.74 Å². The van der Waals surface area contributed by atoms with Gasteiger partial charge < -0.3 is 24.8 Å². The van der Waals surface area contributed by atoms with Gasteiger partial charge in [-0.1, -0.05) is 13.8 Å². The molecule has 0 aromatic carbocycles. The largest absolute Gasteiger partial charge is 0.378 e. The molecular weight excluding hydrogens is 304 g/mol. The van der Waals surface area contributed by atoms with Gasteiger partial charge in [0.05, 0.1) is 5.60 Å². The standard InChI is InChI=1S/C18H36N4O2/c1-17(2)15(14-18(17,3)24-6)19-16(23)21(5)8-7-9-22-12-10-20(4)11-13-22/h15H,7-14H2,1-6H3,(H,19,23)/t15-,18+/m1/s1. The summed E-state index contributed by atoms with van der Waals surface area (Å²) in [4.78, 5) is 19.1. The minimum atomic E-state index is -0.148. The highest BCUT2D eigenvalue weighted by Gasteiger charge is 2.58. The summed E-state index contributed by atoms with van der Waals surface area (Å²) in [5, 5.41) is 3.18. The Morgan fingerprint density at radius 1 is 1.25 bits per heavy atom. The van der Waals surface area contributed by atoms with Gasteiger partial charge in [0.15, 0.2) is 0 Å². The number of nitrogens with zero attached hydrogens (tertiary/aromatic N) is 3. The molecule has 2 rings (SSSR count). The van der Waals surface area contributed by atoms with Crippen molar-refractivity contribution in [1.29, 1.82) is 0 Å². The third-order valence-corrected chi connectivity index (χ3v) is 6.49. The third kappa shape index (κ3) is 4.03. The molecule has 1 N–H and O–H groups in total. The molecule has 2 amide bonds. The average molecular weight is 341 g/mol. The molecule has 140 valence electrons. The first kappa shape index (κ1) is 19.5. The van der Waals surface area contributed by atoms with Crippen molar-refractivity contribution in [2.75, 3.05) is 60.5 Å². The quantitative estimate of drug-likeness (QED) is 0.795. The van der Waals surface area contributed by atoms with Crippen LogP contribution in [-0.2, 0) is 4.74 Å². The molecule has 6 heteroatoms. The van der Waals surface area contributed by atoms with Gasteiger partial charge in [-0.3, -0.25) is 0 Å². The van der Waals surface area contributed by atoms with Crippen molar-refractivity contribution < 1.29 is 9.53 Å². The molecule has 1 heterocycles. The normalized spacial score (nSPS) is 30.7. The van der Waals surface area contributed by atoms with Crippen molar-refractivity contribution in [1.82, 2.24) is 20.0 Å². The van der Waals surface area contributed by atoms with Gasteiger partial charge in [0, 0.05) is 58.3 Å². The van der Waals surface area contributed by atoms with E-state index in [2.05, 4.69) is 42.9 Å². The van der Waals surface area contributed by atoms with E-state index in [1.165, 1.54) is 0 Å². The van der Waals surface area contributed by atoms with E-state index in [1.54, 1.807) is 7.11 Å². The number of urea groups is 1. The van der Waals surface area contributed by atoms with Crippen LogP contribution in [0.25, 0.3) is 0 Å². The molecule has 0 aromatic rings. The summed E-state index contributed by atoms with van der Waals surface area (Å²) in [6, 6.07) is 0.208. The number of carbonyl (C=O) groups excluding carboxylic acids is 1. The summed E-state index contributed by atoms with van der Waals surface area (Å²) in [6.07, 6.45) is 1.90. The molecular formula is C18H36N4O2. The Bertz CT molecular complexity index is 435. The smallest absolute Gasteiger partial charge is 0.317 e. The maximum absolute atomic E-state index is 12.4. The van der Waals surface area contributed by atoms with Crippen molar-refractivity contribution >= 4 is 6.03 Å². The molecule has 0 unspecified atom stereocenters. The molecule has 0 spiro atoms. The Morgan fingerprint density at radius 2 is 1.88 bits per heavy atom. The molecule has 6 nitrogen and oxygen atoms in total. The Kier molecular flexibility index (Phi) is 6.15. The van der Waals surface area contributed by atoms with Gasteiger partial charge >= 0.3 is 6.03 Å². The predicted molar refractivity (Wildman–Crippen MR) is 97.3 cm³/mol. The van der Waals surface area contributed by atoms with Gasteiger partial charge in [-0.15, -0.1) is 0 Å². The van der Waals surface area contributed by atoms with E-state index in [9.17, 15) is 4.79 Å². The summed E-state index contributed by atoms with van der Waals surface area (Å²) in [7, 11) is 5.82. The van der Waals surface area contributed by atoms with Gasteiger partial charge in [0.2, 0.25) is 0 Å². The van der Waals surface area contributed by atoms with E-state index >= 15 is 0 Å². The van der Waals surface area contributed by atoms with Crippen LogP contribution >= 0.6 is 0 Å². The highest BCUT2D eigenvalue weighted by Crippen LogP contribution is 2.51. The molecule has 0 bridgehead atoms. The third-order valence-electron chi connectivity index (χ3n) is 6.49. The van der Waals surface area contributed by atoms with E-state index in [-0.39, 0.29) is 23.1 Å². The lowest BCUT2D eigenvalue weighted by Gasteiger charge is -2.59. The lowest BCUT2D eigenvalue weighted by Crippen LogP contribution is -2.69. The number of nitrogens with one attached hydrogen (secondary N) is 1. The van der Waals surface area contributed by atoms with E-state index < -0.39 is 0 Å². The number of likely N-dealkylation sites (N-methyl/N-ethyl adjacent to an activating group) is 1. The maximum Gasteiger partial charge on any atom is 0.317 e. The molecule has 1 saturated heterocycles. The van der Waals surface area contributed by atoms with Crippen LogP contribution in [0.5, 0.6) is 0 Å². The molecule has 2 atom stereocenters. The Hall–Kier alpha value is -0.850. The number of ether oxygens (including phenoxy) is 1. The summed E-state index contributed by atoms with van der Waals surface area (Å²) in [6.45, 7) is 12.9. The van der Waals surface area contributed by atoms with Crippen LogP contribution in [0.1, 0.15) is 33.6 Å². The van der Waals surface area contributed by atoms with Crippen LogP contribution in [-0.4, -0.2) is 92.8 Å². The molecule has 2 aliphatic rings. The van der Waals surface area contributed by atoms with Crippen LogP contribution in [0, 0.1) is 5.41 Å². The molecule has 2 fully saturated rings. The fraction of sp³-hybridized carbons (Fsp3) is 0.944. The van der Waals surface area contributed by atoms with E-state index in [1.807, 2.05) is 11.9 Å². The Balaban J connectivity index is 1.68. The monoisotopic (exact) mass is 340 g/mol. The van der Waals surface area contributed by atoms with Gasteiger partial charge in [-0.05, 0) is 33.4 Å². The average Bonchev–Trinajstić information content (AvgIpc) is 2.55. The number of amides is 2. The van der Waals surface area contributed by atoms with Crippen molar-refractivity contribution in [2.45, 2.75) is 45.3 Å². The molecule has 24 heavy (non-hydrogen) atoms. The van der Waals surface area contributed by atoms with Gasteiger partial charge in [0.25, 0.3) is 0 Å². The fourth-order valence-corrected chi connectivity index (χ4v) is 3.69. The van der Waals surface area contributed by atoms with Gasteiger partial charge in [0.1, 0.15) is 0 Å². The summed E-state index contributed by atoms with van der Waals surface area (Å²) in [5.41, 5.74) is -0.191. The number of hydrogen-bond acceptors (Lipinski definition) is 4. The van der Waals surface area contributed by atoms with Crippen molar-refractivity contribution in [3.8, 4) is 0 Å². The number of carbonyl (C=O) groups is 1. The van der Waals surface area contributed by atoms with Crippen molar-refractivity contribution in [2.24, 2.45) is 5.41 Å². The Morgan fingerprint density at radius 3 is 2.42 bits per heavy atom. The SMILES string of the molecule is CO[C@@]1(C)C[C@@H](NC(=O)N(C)CCCN2CCN(C)CC2)C1(C)C. The molecule has 1 aliphatic carbocycles. The summed E-state index contributed by atoms with van der Waals surface area (Å²) in [5.74, 6) is 0. The molecule has 0 aromatic heterocycles. The lowest BCUT2D eigenvalue weighted by molar-refractivity contribution is -0.177. The maximum atomic E-state index is 12.4. The van der Waals surface area contributed by atoms with Crippen molar-refractivity contribution in [3.05, 3.63) is 0 Å². The first-order valence-electron chi connectivity index (χ1n) is 9.17. The number of piperazine rings is 1. The second-order valence-electron chi connectivity index (χ2n) is 8.28. The minimum Gasteiger partial charge on any atom is -0.378 e. The van der Waals surface area contributed by atoms with E-state index in [0.717, 1.165) is 52.1 Å². The topological polar surface area (TPSA) is 48.1 Å². The van der Waals surface area contributed by atoms with Gasteiger partial charge in [-0.25, -0.2) is 4.79 Å². The highest BCUT2D eigenvalue weighted by atomic mass is 16.5.